The van der Waals surface area contributed by atoms with Gasteiger partial charge in [-0.15, -0.1) is 0 Å². The lowest BCUT2D eigenvalue weighted by atomic mass is 9.90. The van der Waals surface area contributed by atoms with E-state index in [1.165, 1.54) is 11.3 Å². The minimum atomic E-state index is 0.0419. The predicted octanol–water partition coefficient (Wildman–Crippen LogP) is 6.50. The van der Waals surface area contributed by atoms with E-state index in [2.05, 4.69) is 50.7 Å². The fraction of sp³-hybridized carbons (Fsp3) is 0.394. The SMILES string of the molecule is Cc1nn(COCc2ccccc2)c2c1CC(N(C(=O)c1cc(C)n(Cc3ccccc3)c1CN=[N+]=[N-])C1CC1)CC2. The maximum absolute atomic E-state index is 14.3. The number of nitrogens with zero attached hydrogens (tertiary/aromatic N) is 7. The monoisotopic (exact) mass is 563 g/mol. The van der Waals surface area contributed by atoms with Crippen LogP contribution in [0.5, 0.6) is 0 Å². The summed E-state index contributed by atoms with van der Waals surface area (Å²) in [4.78, 5) is 19.5. The van der Waals surface area contributed by atoms with Crippen molar-refractivity contribution in [1.29, 1.82) is 0 Å². The Labute approximate surface area is 246 Å². The van der Waals surface area contributed by atoms with E-state index in [0.717, 1.165) is 60.3 Å². The van der Waals surface area contributed by atoms with E-state index in [1.54, 1.807) is 0 Å². The molecule has 0 aliphatic heterocycles. The van der Waals surface area contributed by atoms with Gasteiger partial charge in [-0.25, -0.2) is 4.68 Å². The Bertz CT molecular complexity index is 1600. The van der Waals surface area contributed by atoms with E-state index in [0.29, 0.717) is 25.4 Å². The molecule has 2 heterocycles. The average molecular weight is 564 g/mol. The first-order chi connectivity index (χ1) is 20.5. The van der Waals surface area contributed by atoms with Crippen LogP contribution in [0.1, 0.15) is 69.1 Å². The second-order valence-electron chi connectivity index (χ2n) is 11.4. The molecule has 4 aromatic rings. The predicted molar refractivity (Wildman–Crippen MR) is 161 cm³/mol. The number of benzene rings is 2. The van der Waals surface area contributed by atoms with Gasteiger partial charge in [-0.05, 0) is 74.2 Å². The molecular weight excluding hydrogens is 526 g/mol. The van der Waals surface area contributed by atoms with E-state index in [9.17, 15) is 4.79 Å². The van der Waals surface area contributed by atoms with E-state index < -0.39 is 0 Å². The lowest BCUT2D eigenvalue weighted by molar-refractivity contribution is 0.0524. The number of azide groups is 1. The number of hydrogen-bond donors (Lipinski definition) is 0. The molecule has 9 nitrogen and oxygen atoms in total. The third-order valence-corrected chi connectivity index (χ3v) is 8.53. The van der Waals surface area contributed by atoms with Crippen molar-refractivity contribution in [3.63, 3.8) is 0 Å². The second kappa shape index (κ2) is 12.3. The van der Waals surface area contributed by atoms with Crippen LogP contribution >= 0.6 is 0 Å². The number of aryl methyl sites for hydroxylation is 2. The van der Waals surface area contributed by atoms with Crippen molar-refractivity contribution in [3.05, 3.63) is 122 Å². The fourth-order valence-electron chi connectivity index (χ4n) is 6.31. The Morgan fingerprint density at radius 3 is 2.45 bits per heavy atom. The van der Waals surface area contributed by atoms with Crippen molar-refractivity contribution in [3.8, 4) is 0 Å². The van der Waals surface area contributed by atoms with Crippen LogP contribution in [0.25, 0.3) is 10.4 Å². The quantitative estimate of drug-likeness (QED) is 0.118. The molecule has 6 rings (SSSR count). The summed E-state index contributed by atoms with van der Waals surface area (Å²) in [7, 11) is 0. The molecule has 1 amide bonds. The van der Waals surface area contributed by atoms with E-state index in [1.807, 2.05) is 54.1 Å². The van der Waals surface area contributed by atoms with Crippen LogP contribution in [0.15, 0.2) is 71.8 Å². The highest BCUT2D eigenvalue weighted by Gasteiger charge is 2.41. The van der Waals surface area contributed by atoms with Gasteiger partial charge in [-0.3, -0.25) is 4.79 Å². The molecule has 0 N–H and O–H groups in total. The summed E-state index contributed by atoms with van der Waals surface area (Å²) in [5.74, 6) is 0.0419. The first kappa shape index (κ1) is 27.8. The number of carbonyl (C=O) groups is 1. The summed E-state index contributed by atoms with van der Waals surface area (Å²) < 4.78 is 10.1. The van der Waals surface area contributed by atoms with Crippen LogP contribution in [-0.2, 0) is 44.0 Å². The van der Waals surface area contributed by atoms with Crippen molar-refractivity contribution >= 4 is 5.91 Å². The van der Waals surface area contributed by atoms with Gasteiger partial charge in [0.25, 0.3) is 5.91 Å². The number of fused-ring (bicyclic) bond motifs is 1. The van der Waals surface area contributed by atoms with Gasteiger partial charge in [0.2, 0.25) is 0 Å². The number of hydrogen-bond acceptors (Lipinski definition) is 4. The van der Waals surface area contributed by atoms with E-state index in [-0.39, 0.29) is 24.5 Å². The average Bonchev–Trinajstić information content (AvgIpc) is 3.73. The van der Waals surface area contributed by atoms with Gasteiger partial charge in [0.15, 0.2) is 0 Å². The highest BCUT2D eigenvalue weighted by atomic mass is 16.5. The zero-order chi connectivity index (χ0) is 29.1. The molecule has 42 heavy (non-hydrogen) atoms. The third-order valence-electron chi connectivity index (χ3n) is 8.53. The number of carbonyl (C=O) groups excluding carboxylic acids is 1. The van der Waals surface area contributed by atoms with Crippen molar-refractivity contribution in [2.24, 2.45) is 5.11 Å². The molecule has 216 valence electrons. The van der Waals surface area contributed by atoms with E-state index in [4.69, 9.17) is 15.4 Å². The maximum atomic E-state index is 14.3. The largest absolute Gasteiger partial charge is 0.355 e. The Hall–Kier alpha value is -4.33. The normalized spacial score (nSPS) is 16.1. The Morgan fingerprint density at radius 2 is 1.76 bits per heavy atom. The molecule has 0 radical (unpaired) electrons. The Kier molecular flexibility index (Phi) is 8.13. The molecule has 0 spiro atoms. The smallest absolute Gasteiger partial charge is 0.256 e. The number of amides is 1. The number of ether oxygens (including phenoxy) is 1. The van der Waals surface area contributed by atoms with Gasteiger partial charge in [0.1, 0.15) is 6.73 Å². The first-order valence-corrected chi connectivity index (χ1v) is 14.8. The second-order valence-corrected chi connectivity index (χ2v) is 11.4. The molecule has 2 aromatic heterocycles. The topological polar surface area (TPSA) is 101 Å². The molecule has 2 aliphatic carbocycles. The number of rotatable bonds is 11. The highest BCUT2D eigenvalue weighted by Crippen LogP contribution is 2.36. The first-order valence-electron chi connectivity index (χ1n) is 14.8. The zero-order valence-electron chi connectivity index (χ0n) is 24.3. The summed E-state index contributed by atoms with van der Waals surface area (Å²) in [6.45, 7) is 5.80. The summed E-state index contributed by atoms with van der Waals surface area (Å²) in [6.07, 6.45) is 4.57. The fourth-order valence-corrected chi connectivity index (χ4v) is 6.31. The standard InChI is InChI=1S/C33H37N7O2/c1-23-17-30(32(19-35-37-34)38(23)20-25-9-5-3-6-10-25)33(41)40(27-13-14-27)28-15-16-31-29(18-28)24(2)36-39(31)22-42-21-26-11-7-4-8-12-26/h3-12,17,27-28H,13-16,18-22H2,1-2H3. The van der Waals surface area contributed by atoms with Crippen LogP contribution in [0, 0.1) is 13.8 Å². The summed E-state index contributed by atoms with van der Waals surface area (Å²) >= 11 is 0. The molecule has 1 saturated carbocycles. The van der Waals surface area contributed by atoms with Gasteiger partial charge in [-0.2, -0.15) is 5.10 Å². The van der Waals surface area contributed by atoms with E-state index >= 15 is 0 Å². The van der Waals surface area contributed by atoms with Crippen LogP contribution in [0.3, 0.4) is 0 Å². The van der Waals surface area contributed by atoms with Gasteiger partial charge < -0.3 is 14.2 Å². The molecule has 1 atom stereocenters. The minimum absolute atomic E-state index is 0.0419. The van der Waals surface area contributed by atoms with Crippen LogP contribution in [-0.4, -0.2) is 37.2 Å². The summed E-state index contributed by atoms with van der Waals surface area (Å²) in [5.41, 5.74) is 17.3. The van der Waals surface area contributed by atoms with Crippen molar-refractivity contribution in [2.75, 3.05) is 0 Å². The Morgan fingerprint density at radius 1 is 1.05 bits per heavy atom. The van der Waals surface area contributed by atoms with Crippen molar-refractivity contribution < 1.29 is 9.53 Å². The van der Waals surface area contributed by atoms with Gasteiger partial charge in [-0.1, -0.05) is 65.8 Å². The zero-order valence-corrected chi connectivity index (χ0v) is 24.3. The van der Waals surface area contributed by atoms with Crippen molar-refractivity contribution in [1.82, 2.24) is 19.2 Å². The molecule has 1 unspecified atom stereocenters. The van der Waals surface area contributed by atoms with Crippen molar-refractivity contribution in [2.45, 2.75) is 84.5 Å². The van der Waals surface area contributed by atoms with Crippen LogP contribution in [0.4, 0.5) is 0 Å². The highest BCUT2D eigenvalue weighted by molar-refractivity contribution is 5.96. The molecule has 9 heteroatoms. The van der Waals surface area contributed by atoms with Gasteiger partial charge in [0.05, 0.1) is 24.4 Å². The molecule has 0 saturated heterocycles. The van der Waals surface area contributed by atoms with Crippen LogP contribution < -0.4 is 0 Å². The molecule has 2 aromatic carbocycles. The lowest BCUT2D eigenvalue weighted by Crippen LogP contribution is -2.45. The number of aromatic nitrogens is 3. The molecule has 1 fully saturated rings. The molecule has 0 bridgehead atoms. The summed E-state index contributed by atoms with van der Waals surface area (Å²) in [5, 5.41) is 8.71. The lowest BCUT2D eigenvalue weighted by Gasteiger charge is -2.35. The molecule has 2 aliphatic rings. The van der Waals surface area contributed by atoms with Gasteiger partial charge in [0, 0.05) is 40.6 Å². The van der Waals surface area contributed by atoms with Gasteiger partial charge >= 0.3 is 0 Å². The van der Waals surface area contributed by atoms with Crippen LogP contribution in [0.2, 0.25) is 0 Å². The maximum Gasteiger partial charge on any atom is 0.256 e. The third kappa shape index (κ3) is 5.84. The molecular formula is C33H37N7O2. The minimum Gasteiger partial charge on any atom is -0.355 e. The summed E-state index contributed by atoms with van der Waals surface area (Å²) in [6, 6.07) is 22.7. The Balaban J connectivity index is 1.23.